The average molecular weight is 1500 g/mol. The SMILES string of the molecule is CCC(C)[C@H](NC(=O)C(C)Cc1cnc[nH]1)C(=O)NC(CC(C)C)C(=O)NCc1ccc(CNC(=O)[C@H](CNC(=O)CCC(C(=O)[O-])N2CCN(CC(=O)[O-])CCN(CC(=O)O)CCN(CC(=O)O)CC2)NC(=O)CCC(C(=O)[O-])N2CCN(CC(=O)[O-])CCN(CC(=O)O)CCN(CC(=O)O)CC2)cc1. The minimum atomic E-state index is -1.67. The third kappa shape index (κ3) is 34.7. The van der Waals surface area contributed by atoms with Gasteiger partial charge in [0, 0.05) is 187 Å². The van der Waals surface area contributed by atoms with Gasteiger partial charge in [-0.2, -0.15) is 0 Å². The largest absolute Gasteiger partial charge is 0.549 e. The van der Waals surface area contributed by atoms with Gasteiger partial charge in [-0.15, -0.1) is 0 Å². The minimum absolute atomic E-state index is 0.00301. The highest BCUT2D eigenvalue weighted by Gasteiger charge is 2.33. The second-order valence-corrected chi connectivity index (χ2v) is 27.2. The molecule has 1 aromatic carbocycles. The zero-order valence-corrected chi connectivity index (χ0v) is 60.9. The zero-order valence-electron chi connectivity index (χ0n) is 60.9. The highest BCUT2D eigenvalue weighted by molar-refractivity contribution is 5.93. The van der Waals surface area contributed by atoms with Gasteiger partial charge in [0.05, 0.1) is 56.4 Å². The molecule has 3 heterocycles. The quantitative estimate of drug-likeness (QED) is 0.0294. The molecule has 2 fully saturated rings. The van der Waals surface area contributed by atoms with Gasteiger partial charge in [-0.3, -0.25) is 87.1 Å². The zero-order chi connectivity index (χ0) is 78.6. The van der Waals surface area contributed by atoms with Gasteiger partial charge in [-0.05, 0) is 42.2 Å². The van der Waals surface area contributed by atoms with E-state index in [2.05, 4.69) is 41.9 Å². The number of nitrogens with one attached hydrogen (secondary N) is 7. The fourth-order valence-corrected chi connectivity index (χ4v) is 12.2. The summed E-state index contributed by atoms with van der Waals surface area (Å²) in [6.07, 6.45) is 2.18. The Labute approximate surface area is 614 Å². The van der Waals surface area contributed by atoms with Crippen molar-refractivity contribution in [3.8, 4) is 0 Å². The maximum Gasteiger partial charge on any atom is 0.317 e. The molecule has 1 aromatic heterocycles. The fourth-order valence-electron chi connectivity index (χ4n) is 12.2. The number of rotatable bonds is 41. The topological polar surface area (TPSA) is 539 Å². The molecule has 38 nitrogen and oxygen atoms in total. The van der Waals surface area contributed by atoms with Crippen LogP contribution in [0.3, 0.4) is 0 Å². The number of carboxylic acid groups (broad SMARTS) is 8. The molecule has 2 aromatic rings. The first-order valence-electron chi connectivity index (χ1n) is 35.5. The Morgan fingerprint density at radius 2 is 0.849 bits per heavy atom. The van der Waals surface area contributed by atoms with Gasteiger partial charge in [-0.25, -0.2) is 4.98 Å². The number of H-pyrrole nitrogens is 1. The van der Waals surface area contributed by atoms with Gasteiger partial charge in [0.15, 0.2) is 0 Å². The molecule has 38 heteroatoms. The van der Waals surface area contributed by atoms with Gasteiger partial charge in [0.2, 0.25) is 35.4 Å². The number of carbonyl (C=O) groups excluding carboxylic acids is 10. The summed E-state index contributed by atoms with van der Waals surface area (Å²) in [6, 6.07) is -0.0826. The summed E-state index contributed by atoms with van der Waals surface area (Å²) < 4.78 is 0. The maximum absolute atomic E-state index is 14.3. The van der Waals surface area contributed by atoms with E-state index in [1.54, 1.807) is 37.4 Å². The number of aromatic nitrogens is 2. The van der Waals surface area contributed by atoms with E-state index in [-0.39, 0.29) is 142 Å². The molecule has 592 valence electrons. The van der Waals surface area contributed by atoms with Crippen molar-refractivity contribution in [3.63, 3.8) is 0 Å². The van der Waals surface area contributed by atoms with Gasteiger partial charge < -0.3 is 96.9 Å². The minimum Gasteiger partial charge on any atom is -0.549 e. The van der Waals surface area contributed by atoms with Crippen LogP contribution in [-0.4, -0.2) is 334 Å². The van der Waals surface area contributed by atoms with Crippen molar-refractivity contribution in [1.29, 1.82) is 0 Å². The molecule has 0 bridgehead atoms. The molecular weight excluding hydrogens is 1390 g/mol. The first-order valence-corrected chi connectivity index (χ1v) is 35.5. The molecule has 0 aliphatic carbocycles. The van der Waals surface area contributed by atoms with E-state index in [0.29, 0.717) is 24.0 Å². The van der Waals surface area contributed by atoms with Crippen molar-refractivity contribution in [2.75, 3.05) is 151 Å². The molecule has 11 N–H and O–H groups in total. The van der Waals surface area contributed by atoms with E-state index in [1.807, 2.05) is 27.7 Å². The molecule has 5 unspecified atom stereocenters. The number of amides is 6. The van der Waals surface area contributed by atoms with Crippen LogP contribution in [0.2, 0.25) is 0 Å². The normalized spacial score (nSPS) is 17.8. The maximum atomic E-state index is 14.3. The van der Waals surface area contributed by atoms with Crippen molar-refractivity contribution in [1.82, 2.24) is 81.1 Å². The Balaban J connectivity index is 1.56. The van der Waals surface area contributed by atoms with Crippen LogP contribution in [0.5, 0.6) is 0 Å². The van der Waals surface area contributed by atoms with Gasteiger partial charge >= 0.3 is 23.9 Å². The first-order chi connectivity index (χ1) is 50.2. The number of aromatic amines is 1. The van der Waals surface area contributed by atoms with Gasteiger partial charge in [0.1, 0.15) is 18.1 Å². The number of benzene rings is 1. The van der Waals surface area contributed by atoms with Crippen molar-refractivity contribution in [3.05, 3.63) is 53.6 Å². The van der Waals surface area contributed by atoms with Crippen LogP contribution in [0.15, 0.2) is 36.8 Å². The molecule has 7 atom stereocenters. The molecule has 0 radical (unpaired) electrons. The van der Waals surface area contributed by atoms with Crippen LogP contribution in [0.4, 0.5) is 0 Å². The van der Waals surface area contributed by atoms with Crippen molar-refractivity contribution in [2.45, 2.75) is 123 Å². The Bertz CT molecular complexity index is 3160. The van der Waals surface area contributed by atoms with Crippen LogP contribution < -0.4 is 52.3 Å². The third-order valence-electron chi connectivity index (χ3n) is 18.4. The van der Waals surface area contributed by atoms with E-state index in [4.69, 9.17) is 0 Å². The summed E-state index contributed by atoms with van der Waals surface area (Å²) in [5.41, 5.74) is 1.86. The lowest BCUT2D eigenvalue weighted by molar-refractivity contribution is -0.313. The number of hydrogen-bond acceptors (Lipinski definition) is 27. The lowest BCUT2D eigenvalue weighted by Crippen LogP contribution is -2.56. The Morgan fingerprint density at radius 3 is 1.20 bits per heavy atom. The number of nitrogens with zero attached hydrogens (tertiary/aromatic N) is 9. The van der Waals surface area contributed by atoms with Gasteiger partial charge in [-0.1, -0.05) is 65.3 Å². The second kappa shape index (κ2) is 46.6. The Kier molecular flexibility index (Phi) is 39.2. The molecule has 2 aliphatic rings. The second-order valence-electron chi connectivity index (χ2n) is 27.2. The standard InChI is InChI=1S/C68H108N16O22/c1-6-45(4)62(76-63(99)46(5)32-49-35-69-43-73-49)66(102)75-50(31-44(2)3)64(100)71-33-47-7-9-48(10-8-47)34-72-65(101)51(74-55(86)14-12-53(68(105)106)84-29-25-81(41-60(95)96)21-17-78(38-57(89)90)18-22-82(26-30-84)42-61(97)98)36-70-54(85)13-11-52(67(103)104)83-27-23-79(39-58(91)92)19-15-77(37-56(87)88)16-20-80(24-28-83)40-59(93)94/h7-10,35,43-46,50-53,62H,6,11-34,36-42H2,1-5H3,(H,69,73)(H,70,85)(H,71,100)(H,72,101)(H,74,86)(H,75,102)(H,76,99)(H,87,88)(H,89,90)(H,91,92)(H,93,94)(H,95,96)(H,97,98)(H,103,104)(H,105,106)/p-4/t45?,46?,50?,51-,52?,53?,62-/m0/s1. The van der Waals surface area contributed by atoms with Crippen LogP contribution in [-0.2, 0) is 86.6 Å². The number of carboxylic acids is 8. The molecular formula is C68H104N16O22-4. The highest BCUT2D eigenvalue weighted by atomic mass is 16.4. The van der Waals surface area contributed by atoms with Crippen LogP contribution >= 0.6 is 0 Å². The monoisotopic (exact) mass is 1500 g/mol. The first kappa shape index (κ1) is 89.1. The summed E-state index contributed by atoms with van der Waals surface area (Å²) in [5.74, 6) is -15.9. The average Bonchev–Trinajstić information content (AvgIpc) is 1.76. The fraction of sp³-hybridized carbons (Fsp3) is 0.662. The predicted octanol–water partition coefficient (Wildman–Crippen LogP) is -8.74. The molecule has 0 spiro atoms. The van der Waals surface area contributed by atoms with Crippen molar-refractivity contribution >= 4 is 83.2 Å². The van der Waals surface area contributed by atoms with E-state index in [1.165, 1.54) is 45.5 Å². The number of imidazole rings is 1. The smallest absolute Gasteiger partial charge is 0.317 e. The summed E-state index contributed by atoms with van der Waals surface area (Å²) >= 11 is 0. The molecule has 0 saturated carbocycles. The van der Waals surface area contributed by atoms with Crippen molar-refractivity contribution < 1.29 is 108 Å². The summed E-state index contributed by atoms with van der Waals surface area (Å²) in [5, 5.41) is 105. The number of hydrogen-bond donors (Lipinski definition) is 11. The van der Waals surface area contributed by atoms with Crippen LogP contribution in [0, 0.1) is 17.8 Å². The molecule has 2 aliphatic heterocycles. The third-order valence-corrected chi connectivity index (χ3v) is 18.4. The summed E-state index contributed by atoms with van der Waals surface area (Å²) in [4.78, 5) is 199. The van der Waals surface area contributed by atoms with E-state index < -0.39 is 185 Å². The van der Waals surface area contributed by atoms with Crippen molar-refractivity contribution in [2.24, 2.45) is 17.8 Å². The van der Waals surface area contributed by atoms with E-state index in [0.717, 1.165) is 5.69 Å². The summed E-state index contributed by atoms with van der Waals surface area (Å²) in [6.45, 7) is 4.38. The Morgan fingerprint density at radius 1 is 0.472 bits per heavy atom. The lowest BCUT2D eigenvalue weighted by Gasteiger charge is -2.37. The van der Waals surface area contributed by atoms with E-state index >= 15 is 0 Å². The van der Waals surface area contributed by atoms with Gasteiger partial charge in [0.25, 0.3) is 0 Å². The lowest BCUT2D eigenvalue weighted by atomic mass is 9.95. The number of aliphatic carboxylic acids is 8. The predicted molar refractivity (Wildman–Crippen MR) is 368 cm³/mol. The summed E-state index contributed by atoms with van der Waals surface area (Å²) in [7, 11) is 0. The molecule has 2 saturated heterocycles. The molecule has 106 heavy (non-hydrogen) atoms. The Hall–Kier alpha value is -9.31. The van der Waals surface area contributed by atoms with Crippen LogP contribution in [0.25, 0.3) is 0 Å². The van der Waals surface area contributed by atoms with E-state index in [9.17, 15) is 108 Å². The molecule has 6 amide bonds. The van der Waals surface area contributed by atoms with Crippen LogP contribution in [0.1, 0.15) is 90.0 Å². The highest BCUT2D eigenvalue weighted by Crippen LogP contribution is 2.17. The molecule has 4 rings (SSSR count). The number of carbonyl (C=O) groups is 14.